The molecular weight excluding hydrogens is 238 g/mol. The topological polar surface area (TPSA) is 32.7 Å². The smallest absolute Gasteiger partial charge is 0.0580 e. The summed E-state index contributed by atoms with van der Waals surface area (Å²) < 4.78 is 5.55. The summed E-state index contributed by atoms with van der Waals surface area (Å²) in [5.74, 6) is 2.01. The lowest BCUT2D eigenvalue weighted by molar-refractivity contribution is 0.0141. The fourth-order valence-electron chi connectivity index (χ4n) is 3.78. The molecule has 112 valence electrons. The van der Waals surface area contributed by atoms with Crippen LogP contribution in [0.5, 0.6) is 0 Å². The van der Waals surface area contributed by atoms with Gasteiger partial charge < -0.3 is 14.7 Å². The van der Waals surface area contributed by atoms with E-state index < -0.39 is 0 Å². The first-order valence-corrected chi connectivity index (χ1v) is 8.13. The highest BCUT2D eigenvalue weighted by Crippen LogP contribution is 2.31. The van der Waals surface area contributed by atoms with Crippen molar-refractivity contribution in [3.05, 3.63) is 0 Å². The summed E-state index contributed by atoms with van der Waals surface area (Å²) in [4.78, 5) is 2.42. The molecule has 0 amide bonds. The number of aliphatic hydroxyl groups excluding tert-OH is 1. The standard InChI is InChI=1S/C16H31NO2/c1-3-13-6-7-16(18)15(9-13)11-17(2)10-14-5-4-8-19-12-14/h13-16,18H,3-12H2,1-2H3. The van der Waals surface area contributed by atoms with Gasteiger partial charge in [0.2, 0.25) is 0 Å². The zero-order valence-electron chi connectivity index (χ0n) is 12.7. The average Bonchev–Trinajstić information content (AvgIpc) is 2.42. The molecule has 0 spiro atoms. The highest BCUT2D eigenvalue weighted by atomic mass is 16.5. The van der Waals surface area contributed by atoms with Crippen LogP contribution in [-0.2, 0) is 4.74 Å². The van der Waals surface area contributed by atoms with E-state index in [2.05, 4.69) is 18.9 Å². The average molecular weight is 269 g/mol. The Morgan fingerprint density at radius 2 is 2.00 bits per heavy atom. The monoisotopic (exact) mass is 269 g/mol. The molecule has 1 saturated heterocycles. The second-order valence-corrected chi connectivity index (χ2v) is 6.72. The van der Waals surface area contributed by atoms with Crippen molar-refractivity contribution in [1.29, 1.82) is 0 Å². The van der Waals surface area contributed by atoms with Crippen molar-refractivity contribution >= 4 is 0 Å². The molecule has 1 heterocycles. The van der Waals surface area contributed by atoms with E-state index in [1.165, 1.54) is 32.1 Å². The number of rotatable bonds is 5. The van der Waals surface area contributed by atoms with Crippen LogP contribution < -0.4 is 0 Å². The summed E-state index contributed by atoms with van der Waals surface area (Å²) >= 11 is 0. The Balaban J connectivity index is 1.74. The second kappa shape index (κ2) is 7.61. The summed E-state index contributed by atoms with van der Waals surface area (Å²) in [5.41, 5.74) is 0. The van der Waals surface area contributed by atoms with Crippen molar-refractivity contribution in [3.63, 3.8) is 0 Å². The number of nitrogens with zero attached hydrogens (tertiary/aromatic N) is 1. The molecule has 0 aromatic heterocycles. The molecule has 1 saturated carbocycles. The molecule has 4 unspecified atom stereocenters. The van der Waals surface area contributed by atoms with Crippen LogP contribution in [0.4, 0.5) is 0 Å². The van der Waals surface area contributed by atoms with Crippen molar-refractivity contribution in [2.45, 2.75) is 51.6 Å². The van der Waals surface area contributed by atoms with Crippen molar-refractivity contribution in [3.8, 4) is 0 Å². The predicted octanol–water partition coefficient (Wildman–Crippen LogP) is 2.53. The van der Waals surface area contributed by atoms with E-state index in [0.717, 1.165) is 38.6 Å². The molecule has 0 radical (unpaired) electrons. The molecule has 2 fully saturated rings. The van der Waals surface area contributed by atoms with Gasteiger partial charge >= 0.3 is 0 Å². The van der Waals surface area contributed by atoms with Crippen LogP contribution >= 0.6 is 0 Å². The number of ether oxygens (including phenoxy) is 1. The lowest BCUT2D eigenvalue weighted by atomic mass is 9.78. The molecule has 2 aliphatic rings. The fourth-order valence-corrected chi connectivity index (χ4v) is 3.78. The molecule has 2 rings (SSSR count). The van der Waals surface area contributed by atoms with Gasteiger partial charge in [0.15, 0.2) is 0 Å². The minimum Gasteiger partial charge on any atom is -0.393 e. The first kappa shape index (κ1) is 15.3. The Hall–Kier alpha value is -0.120. The molecule has 0 aromatic rings. The van der Waals surface area contributed by atoms with Crippen LogP contribution in [0.1, 0.15) is 45.4 Å². The minimum absolute atomic E-state index is 0.0761. The van der Waals surface area contributed by atoms with E-state index in [9.17, 15) is 5.11 Å². The maximum atomic E-state index is 10.2. The summed E-state index contributed by atoms with van der Waals surface area (Å²) in [7, 11) is 2.21. The Labute approximate surface area is 118 Å². The lowest BCUT2D eigenvalue weighted by Crippen LogP contribution is -2.40. The van der Waals surface area contributed by atoms with Gasteiger partial charge in [0.05, 0.1) is 12.7 Å². The highest BCUT2D eigenvalue weighted by Gasteiger charge is 2.29. The number of aliphatic hydroxyl groups is 1. The highest BCUT2D eigenvalue weighted by molar-refractivity contribution is 4.81. The van der Waals surface area contributed by atoms with Crippen LogP contribution in [-0.4, -0.2) is 49.5 Å². The number of hydrogen-bond acceptors (Lipinski definition) is 3. The van der Waals surface area contributed by atoms with Crippen molar-refractivity contribution < 1.29 is 9.84 Å². The summed E-state index contributed by atoms with van der Waals surface area (Å²) in [6.45, 7) is 6.32. The van der Waals surface area contributed by atoms with E-state index in [4.69, 9.17) is 4.74 Å². The molecule has 0 aromatic carbocycles. The maximum Gasteiger partial charge on any atom is 0.0580 e. The molecule has 3 heteroatoms. The van der Waals surface area contributed by atoms with Gasteiger partial charge in [0.1, 0.15) is 0 Å². The van der Waals surface area contributed by atoms with Crippen LogP contribution in [0.15, 0.2) is 0 Å². The molecule has 1 aliphatic heterocycles. The van der Waals surface area contributed by atoms with E-state index in [1.807, 2.05) is 0 Å². The van der Waals surface area contributed by atoms with Gasteiger partial charge in [-0.05, 0) is 56.9 Å². The second-order valence-electron chi connectivity index (χ2n) is 6.72. The van der Waals surface area contributed by atoms with Crippen molar-refractivity contribution in [2.24, 2.45) is 17.8 Å². The van der Waals surface area contributed by atoms with Gasteiger partial charge in [0, 0.05) is 19.7 Å². The zero-order valence-corrected chi connectivity index (χ0v) is 12.7. The zero-order chi connectivity index (χ0) is 13.7. The van der Waals surface area contributed by atoms with Gasteiger partial charge in [-0.15, -0.1) is 0 Å². The molecule has 1 aliphatic carbocycles. The molecule has 3 nitrogen and oxygen atoms in total. The predicted molar refractivity (Wildman–Crippen MR) is 78.2 cm³/mol. The molecule has 0 bridgehead atoms. The third-order valence-electron chi connectivity index (χ3n) is 5.00. The summed E-state index contributed by atoms with van der Waals surface area (Å²) in [6.07, 6.45) is 7.13. The lowest BCUT2D eigenvalue weighted by Gasteiger charge is -2.36. The minimum atomic E-state index is -0.0761. The molecule has 1 N–H and O–H groups in total. The van der Waals surface area contributed by atoms with E-state index in [1.54, 1.807) is 0 Å². The SMILES string of the molecule is CCC1CCC(O)C(CN(C)CC2CCCOC2)C1. The van der Waals surface area contributed by atoms with Gasteiger partial charge in [-0.2, -0.15) is 0 Å². The normalized spacial score (nSPS) is 36.6. The van der Waals surface area contributed by atoms with Crippen molar-refractivity contribution in [1.82, 2.24) is 4.90 Å². The summed E-state index contributed by atoms with van der Waals surface area (Å²) in [5, 5.41) is 10.2. The first-order valence-electron chi connectivity index (χ1n) is 8.13. The Morgan fingerprint density at radius 1 is 1.16 bits per heavy atom. The van der Waals surface area contributed by atoms with Gasteiger partial charge in [-0.25, -0.2) is 0 Å². The van der Waals surface area contributed by atoms with Gasteiger partial charge in [0.25, 0.3) is 0 Å². The van der Waals surface area contributed by atoms with Crippen molar-refractivity contribution in [2.75, 3.05) is 33.4 Å². The summed E-state index contributed by atoms with van der Waals surface area (Å²) in [6, 6.07) is 0. The quantitative estimate of drug-likeness (QED) is 0.832. The van der Waals surface area contributed by atoms with Gasteiger partial charge in [-0.1, -0.05) is 13.3 Å². The first-order chi connectivity index (χ1) is 9.19. The third kappa shape index (κ3) is 4.73. The van der Waals surface area contributed by atoms with E-state index in [0.29, 0.717) is 11.8 Å². The van der Waals surface area contributed by atoms with E-state index in [-0.39, 0.29) is 6.10 Å². The Kier molecular flexibility index (Phi) is 6.11. The molecule has 4 atom stereocenters. The van der Waals surface area contributed by atoms with Crippen LogP contribution in [0.2, 0.25) is 0 Å². The fraction of sp³-hybridized carbons (Fsp3) is 1.00. The Bertz CT molecular complexity index is 253. The Morgan fingerprint density at radius 3 is 2.68 bits per heavy atom. The third-order valence-corrected chi connectivity index (χ3v) is 5.00. The van der Waals surface area contributed by atoms with E-state index >= 15 is 0 Å². The molecule has 19 heavy (non-hydrogen) atoms. The van der Waals surface area contributed by atoms with Crippen LogP contribution in [0, 0.1) is 17.8 Å². The largest absolute Gasteiger partial charge is 0.393 e. The van der Waals surface area contributed by atoms with Crippen LogP contribution in [0.3, 0.4) is 0 Å². The van der Waals surface area contributed by atoms with Gasteiger partial charge in [-0.3, -0.25) is 0 Å². The number of hydrogen-bond donors (Lipinski definition) is 1. The van der Waals surface area contributed by atoms with Crippen LogP contribution in [0.25, 0.3) is 0 Å². The molecular formula is C16H31NO2. The maximum absolute atomic E-state index is 10.2.